The van der Waals surface area contributed by atoms with Crippen molar-refractivity contribution in [3.63, 3.8) is 0 Å². The van der Waals surface area contributed by atoms with Gasteiger partial charge in [0.25, 0.3) is 5.92 Å². The molecule has 0 aliphatic carbocycles. The van der Waals surface area contributed by atoms with Crippen LogP contribution in [-0.2, 0) is 5.92 Å². The van der Waals surface area contributed by atoms with Crippen molar-refractivity contribution in [2.75, 3.05) is 0 Å². The van der Waals surface area contributed by atoms with Crippen LogP contribution in [0.4, 0.5) is 8.78 Å². The molecule has 0 aliphatic rings. The Bertz CT molecular complexity index is 271. The molecule has 0 saturated carbocycles. The second kappa shape index (κ2) is 3.52. The first kappa shape index (κ1) is 9.65. The molecule has 0 heterocycles. The van der Waals surface area contributed by atoms with Crippen LogP contribution in [0.3, 0.4) is 0 Å². The molecule has 1 aromatic carbocycles. The fourth-order valence-corrected chi connectivity index (χ4v) is 1.52. The Labute approximate surface area is 78.7 Å². The molecule has 0 nitrogen and oxygen atoms in total. The van der Waals surface area contributed by atoms with Gasteiger partial charge >= 0.3 is 0 Å². The summed E-state index contributed by atoms with van der Waals surface area (Å²) in [5.41, 5.74) is 0.0625. The van der Waals surface area contributed by atoms with Crippen LogP contribution < -0.4 is 0 Å². The fraction of sp³-hybridized carbons (Fsp3) is 0.333. The van der Waals surface area contributed by atoms with Crippen LogP contribution >= 0.6 is 15.9 Å². The zero-order chi connectivity index (χ0) is 9.19. The number of alkyl halides is 2. The van der Waals surface area contributed by atoms with Crippen molar-refractivity contribution in [3.8, 4) is 0 Å². The van der Waals surface area contributed by atoms with E-state index in [0.29, 0.717) is 4.47 Å². The Balaban J connectivity index is 3.10. The van der Waals surface area contributed by atoms with E-state index in [-0.39, 0.29) is 12.0 Å². The molecule has 12 heavy (non-hydrogen) atoms. The predicted octanol–water partition coefficient (Wildman–Crippen LogP) is 3.95. The summed E-state index contributed by atoms with van der Waals surface area (Å²) in [5.74, 6) is -2.72. The van der Waals surface area contributed by atoms with E-state index in [1.807, 2.05) is 0 Å². The minimum Gasteiger partial charge on any atom is -0.201 e. The van der Waals surface area contributed by atoms with E-state index < -0.39 is 5.92 Å². The van der Waals surface area contributed by atoms with Crippen molar-refractivity contribution < 1.29 is 8.78 Å². The lowest BCUT2D eigenvalue weighted by Gasteiger charge is -2.15. The molecule has 0 spiro atoms. The quantitative estimate of drug-likeness (QED) is 0.727. The molecule has 0 amide bonds. The van der Waals surface area contributed by atoms with Crippen molar-refractivity contribution in [2.24, 2.45) is 0 Å². The van der Waals surface area contributed by atoms with Gasteiger partial charge in [-0.3, -0.25) is 0 Å². The lowest BCUT2D eigenvalue weighted by molar-refractivity contribution is -0.00901. The standard InChI is InChI=1S/C9H9BrF2/c1-2-9(11,12)7-5-3-4-6-8(7)10/h3-6H,2H2,1H3. The average Bonchev–Trinajstić information content (AvgIpc) is 2.05. The first-order chi connectivity index (χ1) is 5.58. The van der Waals surface area contributed by atoms with Crippen LogP contribution in [0.5, 0.6) is 0 Å². The zero-order valence-electron chi connectivity index (χ0n) is 6.65. The van der Waals surface area contributed by atoms with Crippen LogP contribution in [0.1, 0.15) is 18.9 Å². The van der Waals surface area contributed by atoms with Gasteiger partial charge in [-0.15, -0.1) is 0 Å². The Morgan fingerprint density at radius 1 is 1.33 bits per heavy atom. The first-order valence-corrected chi connectivity index (χ1v) is 4.50. The second-order valence-corrected chi connectivity index (χ2v) is 3.39. The molecule has 0 unspecified atom stereocenters. The lowest BCUT2D eigenvalue weighted by atomic mass is 10.1. The summed E-state index contributed by atoms with van der Waals surface area (Å²) in [6.07, 6.45) is -0.171. The van der Waals surface area contributed by atoms with Crippen LogP contribution in [0.25, 0.3) is 0 Å². The molecule has 1 rings (SSSR count). The van der Waals surface area contributed by atoms with Gasteiger partial charge in [-0.05, 0) is 6.07 Å². The number of halogens is 3. The van der Waals surface area contributed by atoms with Crippen molar-refractivity contribution >= 4 is 15.9 Å². The fourth-order valence-electron chi connectivity index (χ4n) is 0.948. The highest BCUT2D eigenvalue weighted by Crippen LogP contribution is 2.35. The maximum atomic E-state index is 13.1. The maximum absolute atomic E-state index is 13.1. The largest absolute Gasteiger partial charge is 0.274 e. The highest BCUT2D eigenvalue weighted by molar-refractivity contribution is 9.10. The molecule has 0 saturated heterocycles. The lowest BCUT2D eigenvalue weighted by Crippen LogP contribution is -2.11. The highest BCUT2D eigenvalue weighted by atomic mass is 79.9. The monoisotopic (exact) mass is 234 g/mol. The van der Waals surface area contributed by atoms with E-state index in [4.69, 9.17) is 0 Å². The molecule has 0 atom stereocenters. The minimum atomic E-state index is -2.72. The number of benzene rings is 1. The minimum absolute atomic E-state index is 0.0625. The maximum Gasteiger partial charge on any atom is 0.274 e. The highest BCUT2D eigenvalue weighted by Gasteiger charge is 2.30. The zero-order valence-corrected chi connectivity index (χ0v) is 8.24. The molecule has 3 heteroatoms. The van der Waals surface area contributed by atoms with Crippen molar-refractivity contribution in [3.05, 3.63) is 34.3 Å². The van der Waals surface area contributed by atoms with E-state index in [0.717, 1.165) is 0 Å². The molecular weight excluding hydrogens is 226 g/mol. The van der Waals surface area contributed by atoms with Gasteiger partial charge in [0, 0.05) is 16.5 Å². The Morgan fingerprint density at radius 2 is 1.92 bits per heavy atom. The molecule has 1 aromatic rings. The van der Waals surface area contributed by atoms with Gasteiger partial charge in [-0.1, -0.05) is 41.1 Å². The second-order valence-electron chi connectivity index (χ2n) is 2.54. The summed E-state index contributed by atoms with van der Waals surface area (Å²) < 4.78 is 26.7. The molecule has 0 radical (unpaired) electrons. The third-order valence-electron chi connectivity index (χ3n) is 1.71. The number of hydrogen-bond acceptors (Lipinski definition) is 0. The van der Waals surface area contributed by atoms with Gasteiger partial charge in [0.15, 0.2) is 0 Å². The molecular formula is C9H9BrF2. The Morgan fingerprint density at radius 3 is 2.42 bits per heavy atom. The van der Waals surface area contributed by atoms with E-state index in [1.54, 1.807) is 18.2 Å². The molecule has 0 fully saturated rings. The van der Waals surface area contributed by atoms with Gasteiger partial charge in [0.05, 0.1) is 0 Å². The van der Waals surface area contributed by atoms with Crippen LogP contribution in [-0.4, -0.2) is 0 Å². The van der Waals surface area contributed by atoms with Crippen molar-refractivity contribution in [2.45, 2.75) is 19.3 Å². The number of rotatable bonds is 2. The molecule has 0 bridgehead atoms. The Kier molecular flexibility index (Phi) is 2.83. The Hall–Kier alpha value is -0.440. The third kappa shape index (κ3) is 1.83. The topological polar surface area (TPSA) is 0 Å². The number of hydrogen-bond donors (Lipinski definition) is 0. The summed E-state index contributed by atoms with van der Waals surface area (Å²) in [6, 6.07) is 6.40. The van der Waals surface area contributed by atoms with E-state index in [2.05, 4.69) is 15.9 Å². The van der Waals surface area contributed by atoms with E-state index in [9.17, 15) is 8.78 Å². The van der Waals surface area contributed by atoms with E-state index >= 15 is 0 Å². The normalized spacial score (nSPS) is 11.7. The van der Waals surface area contributed by atoms with Gasteiger partial charge in [-0.25, -0.2) is 8.78 Å². The van der Waals surface area contributed by atoms with Crippen LogP contribution in [0.15, 0.2) is 28.7 Å². The van der Waals surface area contributed by atoms with Crippen LogP contribution in [0, 0.1) is 0 Å². The smallest absolute Gasteiger partial charge is 0.201 e. The summed E-state index contributed by atoms with van der Waals surface area (Å²) >= 11 is 3.09. The van der Waals surface area contributed by atoms with Gasteiger partial charge in [-0.2, -0.15) is 0 Å². The first-order valence-electron chi connectivity index (χ1n) is 3.70. The predicted molar refractivity (Wildman–Crippen MR) is 48.3 cm³/mol. The summed E-state index contributed by atoms with van der Waals surface area (Å²) in [5, 5.41) is 0. The van der Waals surface area contributed by atoms with Gasteiger partial charge in [0.1, 0.15) is 0 Å². The van der Waals surface area contributed by atoms with Gasteiger partial charge < -0.3 is 0 Å². The molecule has 0 aliphatic heterocycles. The van der Waals surface area contributed by atoms with Crippen LogP contribution in [0.2, 0.25) is 0 Å². The third-order valence-corrected chi connectivity index (χ3v) is 2.40. The molecule has 0 N–H and O–H groups in total. The van der Waals surface area contributed by atoms with Gasteiger partial charge in [0.2, 0.25) is 0 Å². The van der Waals surface area contributed by atoms with Crippen molar-refractivity contribution in [1.29, 1.82) is 0 Å². The summed E-state index contributed by atoms with van der Waals surface area (Å²) in [7, 11) is 0. The SMILES string of the molecule is CCC(F)(F)c1ccccc1Br. The molecule has 0 aromatic heterocycles. The summed E-state index contributed by atoms with van der Waals surface area (Å²) in [4.78, 5) is 0. The summed E-state index contributed by atoms with van der Waals surface area (Å²) in [6.45, 7) is 1.47. The van der Waals surface area contributed by atoms with E-state index in [1.165, 1.54) is 13.0 Å². The average molecular weight is 235 g/mol. The van der Waals surface area contributed by atoms with Crippen molar-refractivity contribution in [1.82, 2.24) is 0 Å². The molecule has 66 valence electrons.